The van der Waals surface area contributed by atoms with E-state index >= 15 is 0 Å². The molecule has 0 saturated carbocycles. The molecule has 2 heterocycles. The molecular formula is C14H12N2O2S. The van der Waals surface area contributed by atoms with Crippen molar-refractivity contribution < 1.29 is 9.53 Å². The number of hydrogen-bond acceptors (Lipinski definition) is 5. The maximum absolute atomic E-state index is 11.8. The molecule has 0 aliphatic heterocycles. The SMILES string of the molecule is CCOC(=O)c1sc2nc3ccccc3cc2c1N. The lowest BCUT2D eigenvalue weighted by atomic mass is 10.2. The summed E-state index contributed by atoms with van der Waals surface area (Å²) in [5.74, 6) is -0.382. The van der Waals surface area contributed by atoms with E-state index in [2.05, 4.69) is 4.98 Å². The smallest absolute Gasteiger partial charge is 0.350 e. The molecule has 0 saturated heterocycles. The number of nitrogen functional groups attached to an aromatic ring is 1. The topological polar surface area (TPSA) is 65.2 Å². The van der Waals surface area contributed by atoms with Crippen molar-refractivity contribution in [3.05, 3.63) is 35.2 Å². The molecule has 3 aromatic rings. The van der Waals surface area contributed by atoms with Crippen molar-refractivity contribution in [1.29, 1.82) is 0 Å². The van der Waals surface area contributed by atoms with E-state index < -0.39 is 0 Å². The van der Waals surface area contributed by atoms with Crippen molar-refractivity contribution in [3.63, 3.8) is 0 Å². The van der Waals surface area contributed by atoms with Gasteiger partial charge in [-0.25, -0.2) is 9.78 Å². The molecule has 0 aliphatic rings. The number of aromatic nitrogens is 1. The highest BCUT2D eigenvalue weighted by atomic mass is 32.1. The molecule has 0 radical (unpaired) electrons. The molecular weight excluding hydrogens is 260 g/mol. The van der Waals surface area contributed by atoms with Gasteiger partial charge in [0, 0.05) is 10.8 Å². The van der Waals surface area contributed by atoms with E-state index in [9.17, 15) is 4.79 Å². The minimum Gasteiger partial charge on any atom is -0.462 e. The number of benzene rings is 1. The number of esters is 1. The predicted octanol–water partition coefficient (Wildman–Crippen LogP) is 3.21. The summed E-state index contributed by atoms with van der Waals surface area (Å²) < 4.78 is 5.00. The number of carbonyl (C=O) groups excluding carboxylic acids is 1. The van der Waals surface area contributed by atoms with E-state index in [0.717, 1.165) is 21.1 Å². The van der Waals surface area contributed by atoms with Crippen molar-refractivity contribution in [2.75, 3.05) is 12.3 Å². The van der Waals surface area contributed by atoms with Crippen molar-refractivity contribution in [2.24, 2.45) is 0 Å². The highest BCUT2D eigenvalue weighted by Crippen LogP contribution is 2.34. The van der Waals surface area contributed by atoms with E-state index in [1.54, 1.807) is 6.92 Å². The van der Waals surface area contributed by atoms with Crippen LogP contribution in [0.3, 0.4) is 0 Å². The summed E-state index contributed by atoms with van der Waals surface area (Å²) in [6, 6.07) is 9.76. The van der Waals surface area contributed by atoms with Crippen LogP contribution in [0.1, 0.15) is 16.6 Å². The summed E-state index contributed by atoms with van der Waals surface area (Å²) in [5, 5.41) is 1.82. The van der Waals surface area contributed by atoms with Gasteiger partial charge in [0.15, 0.2) is 0 Å². The monoisotopic (exact) mass is 272 g/mol. The molecule has 0 aliphatic carbocycles. The van der Waals surface area contributed by atoms with Gasteiger partial charge < -0.3 is 10.5 Å². The second kappa shape index (κ2) is 4.51. The normalized spacial score (nSPS) is 11.0. The van der Waals surface area contributed by atoms with Gasteiger partial charge in [0.2, 0.25) is 0 Å². The predicted molar refractivity (Wildman–Crippen MR) is 77.5 cm³/mol. The number of anilines is 1. The Hall–Kier alpha value is -2.14. The number of carbonyl (C=O) groups is 1. The Morgan fingerprint density at radius 2 is 2.21 bits per heavy atom. The van der Waals surface area contributed by atoms with Crippen LogP contribution in [0.5, 0.6) is 0 Å². The van der Waals surface area contributed by atoms with Crippen LogP contribution >= 0.6 is 11.3 Å². The molecule has 0 fully saturated rings. The van der Waals surface area contributed by atoms with Crippen LogP contribution in [0.25, 0.3) is 21.1 Å². The van der Waals surface area contributed by atoms with Gasteiger partial charge in [-0.2, -0.15) is 0 Å². The molecule has 0 spiro atoms. The molecule has 2 aromatic heterocycles. The Bertz CT molecular complexity index is 780. The largest absolute Gasteiger partial charge is 0.462 e. The number of para-hydroxylation sites is 1. The van der Waals surface area contributed by atoms with Gasteiger partial charge in [-0.15, -0.1) is 11.3 Å². The Morgan fingerprint density at radius 3 is 3.00 bits per heavy atom. The number of nitrogens with two attached hydrogens (primary N) is 1. The van der Waals surface area contributed by atoms with Gasteiger partial charge in [0.05, 0.1) is 17.8 Å². The van der Waals surface area contributed by atoms with Crippen molar-refractivity contribution in [2.45, 2.75) is 6.92 Å². The quantitative estimate of drug-likeness (QED) is 0.727. The first-order valence-corrected chi connectivity index (χ1v) is 6.77. The van der Waals surface area contributed by atoms with Gasteiger partial charge in [0.25, 0.3) is 0 Å². The second-order valence-corrected chi connectivity index (χ2v) is 5.10. The van der Waals surface area contributed by atoms with Crippen LogP contribution in [0, 0.1) is 0 Å². The van der Waals surface area contributed by atoms with E-state index in [4.69, 9.17) is 10.5 Å². The van der Waals surface area contributed by atoms with Crippen LogP contribution < -0.4 is 5.73 Å². The molecule has 2 N–H and O–H groups in total. The lowest BCUT2D eigenvalue weighted by Gasteiger charge is -1.99. The molecule has 5 heteroatoms. The van der Waals surface area contributed by atoms with Gasteiger partial charge in [-0.1, -0.05) is 18.2 Å². The van der Waals surface area contributed by atoms with E-state index in [1.165, 1.54) is 11.3 Å². The summed E-state index contributed by atoms with van der Waals surface area (Å²) in [6.45, 7) is 2.11. The summed E-state index contributed by atoms with van der Waals surface area (Å²) in [7, 11) is 0. The van der Waals surface area contributed by atoms with Gasteiger partial charge >= 0.3 is 5.97 Å². The Balaban J connectivity index is 2.25. The molecule has 0 amide bonds. The van der Waals surface area contributed by atoms with Gasteiger partial charge in [-0.3, -0.25) is 0 Å². The van der Waals surface area contributed by atoms with E-state index in [0.29, 0.717) is 17.2 Å². The van der Waals surface area contributed by atoms with Crippen molar-refractivity contribution in [1.82, 2.24) is 4.98 Å². The molecule has 3 rings (SSSR count). The summed E-state index contributed by atoms with van der Waals surface area (Å²) in [5.41, 5.74) is 7.38. The molecule has 1 aromatic carbocycles. The maximum atomic E-state index is 11.8. The van der Waals surface area contributed by atoms with Crippen LogP contribution in [0.15, 0.2) is 30.3 Å². The molecule has 0 atom stereocenters. The first kappa shape index (κ1) is 11.9. The lowest BCUT2D eigenvalue weighted by molar-refractivity contribution is 0.0533. The zero-order valence-corrected chi connectivity index (χ0v) is 11.2. The van der Waals surface area contributed by atoms with Gasteiger partial charge in [-0.05, 0) is 19.1 Å². The summed E-state index contributed by atoms with van der Waals surface area (Å²) >= 11 is 1.28. The fourth-order valence-electron chi connectivity index (χ4n) is 1.99. The number of rotatable bonds is 2. The fourth-order valence-corrected chi connectivity index (χ4v) is 2.97. The van der Waals surface area contributed by atoms with Crippen LogP contribution in [-0.2, 0) is 4.74 Å². The second-order valence-electron chi connectivity index (χ2n) is 4.10. The number of thiophene rings is 1. The number of hydrogen-bond donors (Lipinski definition) is 1. The third-order valence-electron chi connectivity index (χ3n) is 2.88. The molecule has 96 valence electrons. The fraction of sp³-hybridized carbons (Fsp3) is 0.143. The minimum absolute atomic E-state index is 0.335. The Labute approximate surface area is 113 Å². The lowest BCUT2D eigenvalue weighted by Crippen LogP contribution is -2.04. The number of nitrogens with zero attached hydrogens (tertiary/aromatic N) is 1. The maximum Gasteiger partial charge on any atom is 0.350 e. The third kappa shape index (κ3) is 1.92. The zero-order valence-electron chi connectivity index (χ0n) is 10.3. The molecule has 0 unspecified atom stereocenters. The van der Waals surface area contributed by atoms with Crippen LogP contribution in [0.4, 0.5) is 5.69 Å². The first-order valence-electron chi connectivity index (χ1n) is 5.95. The van der Waals surface area contributed by atoms with Crippen molar-refractivity contribution >= 4 is 44.1 Å². The zero-order chi connectivity index (χ0) is 13.4. The minimum atomic E-state index is -0.382. The third-order valence-corrected chi connectivity index (χ3v) is 3.98. The Kier molecular flexibility index (Phi) is 2.83. The van der Waals surface area contributed by atoms with Gasteiger partial charge in [0.1, 0.15) is 9.71 Å². The van der Waals surface area contributed by atoms with E-state index in [-0.39, 0.29) is 5.97 Å². The molecule has 19 heavy (non-hydrogen) atoms. The van der Waals surface area contributed by atoms with Crippen molar-refractivity contribution in [3.8, 4) is 0 Å². The number of ether oxygens (including phenoxy) is 1. The highest BCUT2D eigenvalue weighted by Gasteiger charge is 2.18. The summed E-state index contributed by atoms with van der Waals surface area (Å²) in [4.78, 5) is 17.5. The Morgan fingerprint density at radius 1 is 1.42 bits per heavy atom. The highest BCUT2D eigenvalue weighted by molar-refractivity contribution is 7.21. The average Bonchev–Trinajstić information content (AvgIpc) is 2.74. The van der Waals surface area contributed by atoms with Crippen LogP contribution in [-0.4, -0.2) is 17.6 Å². The molecule has 0 bridgehead atoms. The summed E-state index contributed by atoms with van der Waals surface area (Å²) in [6.07, 6.45) is 0. The van der Waals surface area contributed by atoms with Crippen LogP contribution in [0.2, 0.25) is 0 Å². The number of pyridine rings is 1. The number of fused-ring (bicyclic) bond motifs is 2. The molecule has 4 nitrogen and oxygen atoms in total. The standard InChI is InChI=1S/C14H12N2O2S/c1-2-18-14(17)12-11(15)9-7-8-5-3-4-6-10(8)16-13(9)19-12/h3-7H,2,15H2,1H3. The van der Waals surface area contributed by atoms with E-state index in [1.807, 2.05) is 30.3 Å². The first-order chi connectivity index (χ1) is 9.20. The average molecular weight is 272 g/mol.